The minimum absolute atomic E-state index is 1.71. The second-order valence-electron chi connectivity index (χ2n) is 3.19. The summed E-state index contributed by atoms with van der Waals surface area (Å²) < 4.78 is -7.34. The van der Waals surface area contributed by atoms with Crippen molar-refractivity contribution in [2.45, 2.75) is 21.4 Å². The van der Waals surface area contributed by atoms with Gasteiger partial charge in [-0.3, -0.25) is 40.5 Å². The van der Waals surface area contributed by atoms with E-state index in [0.29, 0.717) is 0 Å². The number of aliphatic hydroxyl groups excluding tert-OH is 2. The van der Waals surface area contributed by atoms with E-state index in [1.54, 1.807) is 0 Å². The Labute approximate surface area is 124 Å². The molecule has 0 fully saturated rings. The third-order valence-electron chi connectivity index (χ3n) is 2.08. The highest BCUT2D eigenvalue weighted by molar-refractivity contribution is 9.10. The molecule has 0 aliphatic carbocycles. The molecule has 0 aliphatic rings. The standard InChI is InChI=1S/C4H4Br2N4O10/c5-3(7(13)14,8(15)16)1(11)2(12)4(6,9(17)18)10(19)20/h1-2,11-12H. The maximum atomic E-state index is 10.6. The van der Waals surface area contributed by atoms with Gasteiger partial charge in [0.2, 0.25) is 0 Å². The minimum atomic E-state index is -3.67. The maximum Gasteiger partial charge on any atom is 0.539 e. The van der Waals surface area contributed by atoms with Crippen LogP contribution >= 0.6 is 31.9 Å². The van der Waals surface area contributed by atoms with Crippen molar-refractivity contribution in [1.29, 1.82) is 0 Å². The number of rotatable bonds is 7. The molecular formula is C4H4Br2N4O10. The summed E-state index contributed by atoms with van der Waals surface area (Å²) in [7, 11) is 0. The van der Waals surface area contributed by atoms with Crippen molar-refractivity contribution < 1.29 is 29.9 Å². The summed E-state index contributed by atoms with van der Waals surface area (Å²) in [5.41, 5.74) is 0. The highest BCUT2D eigenvalue weighted by Crippen LogP contribution is 2.34. The molecule has 0 aromatic heterocycles. The third kappa shape index (κ3) is 2.67. The van der Waals surface area contributed by atoms with Gasteiger partial charge in [-0.1, -0.05) is 0 Å². The minimum Gasteiger partial charge on any atom is -0.376 e. The van der Waals surface area contributed by atoms with Gasteiger partial charge in [-0.25, -0.2) is 0 Å². The summed E-state index contributed by atoms with van der Waals surface area (Å²) in [6.45, 7) is 0. The molecule has 0 aromatic rings. The molecule has 0 rings (SSSR count). The fraction of sp³-hybridized carbons (Fsp3) is 1.00. The van der Waals surface area contributed by atoms with Crippen LogP contribution in [0.4, 0.5) is 0 Å². The van der Waals surface area contributed by atoms with Crippen molar-refractivity contribution in [2.24, 2.45) is 0 Å². The molecule has 16 heteroatoms. The lowest BCUT2D eigenvalue weighted by molar-refractivity contribution is -0.791. The van der Waals surface area contributed by atoms with Crippen LogP contribution in [0.1, 0.15) is 0 Å². The van der Waals surface area contributed by atoms with E-state index in [1.807, 2.05) is 31.9 Å². The van der Waals surface area contributed by atoms with Crippen molar-refractivity contribution >= 4 is 31.9 Å². The van der Waals surface area contributed by atoms with Crippen molar-refractivity contribution in [3.8, 4) is 0 Å². The molecule has 0 aliphatic heterocycles. The zero-order chi connectivity index (χ0) is 16.5. The normalized spacial score (nSPS) is 15.2. The fourth-order valence-corrected chi connectivity index (χ4v) is 1.47. The largest absolute Gasteiger partial charge is 0.539 e. The van der Waals surface area contributed by atoms with Gasteiger partial charge < -0.3 is 10.2 Å². The second-order valence-corrected chi connectivity index (χ2v) is 5.53. The number of nitro groups is 4. The molecule has 0 saturated heterocycles. The zero-order valence-electron chi connectivity index (χ0n) is 8.86. The lowest BCUT2D eigenvalue weighted by Gasteiger charge is -2.23. The van der Waals surface area contributed by atoms with E-state index in [2.05, 4.69) is 0 Å². The quantitative estimate of drug-likeness (QED) is 0.164. The number of hydrogen-bond acceptors (Lipinski definition) is 10. The Hall–Kier alpha value is -1.52. The molecule has 0 heterocycles. The van der Waals surface area contributed by atoms with Crippen LogP contribution in [0.25, 0.3) is 0 Å². The molecule has 114 valence electrons. The Bertz CT molecular complexity index is 398. The lowest BCUT2D eigenvalue weighted by Crippen LogP contribution is -2.64. The van der Waals surface area contributed by atoms with Gasteiger partial charge in [-0.15, -0.1) is 0 Å². The Morgan fingerprint density at radius 2 is 0.850 bits per heavy atom. The van der Waals surface area contributed by atoms with Gasteiger partial charge in [-0.2, -0.15) is 0 Å². The molecule has 20 heavy (non-hydrogen) atoms. The topological polar surface area (TPSA) is 213 Å². The van der Waals surface area contributed by atoms with Gasteiger partial charge in [0.1, 0.15) is 19.7 Å². The predicted octanol–water partition coefficient (Wildman–Crippen LogP) is -1.09. The van der Waals surface area contributed by atoms with Crippen LogP contribution in [0.5, 0.6) is 0 Å². The molecule has 0 aromatic carbocycles. The van der Waals surface area contributed by atoms with Crippen molar-refractivity contribution in [1.82, 2.24) is 0 Å². The second kappa shape index (κ2) is 5.85. The van der Waals surface area contributed by atoms with E-state index in [0.717, 1.165) is 0 Å². The van der Waals surface area contributed by atoms with Gasteiger partial charge in [0, 0.05) is 0 Å². The molecule has 0 bridgehead atoms. The fourth-order valence-electron chi connectivity index (χ4n) is 0.967. The van der Waals surface area contributed by atoms with Crippen molar-refractivity contribution in [3.05, 3.63) is 40.5 Å². The Balaban J connectivity index is 5.86. The van der Waals surface area contributed by atoms with Crippen LogP contribution in [-0.4, -0.2) is 51.3 Å². The van der Waals surface area contributed by atoms with Gasteiger partial charge in [0.05, 0.1) is 31.9 Å². The summed E-state index contributed by atoms with van der Waals surface area (Å²) in [6.07, 6.45) is -6.25. The number of nitrogens with zero attached hydrogens (tertiary/aromatic N) is 4. The first kappa shape index (κ1) is 18.5. The number of halogens is 2. The first-order chi connectivity index (χ1) is 8.84. The number of hydrogen-bond donors (Lipinski definition) is 2. The lowest BCUT2D eigenvalue weighted by atomic mass is 10.1. The SMILES string of the molecule is O=[N+]([O-])C(Br)(C(O)C(O)C(Br)([N+](=O)[O-])[N+](=O)[O-])[N+](=O)[O-]. The maximum absolute atomic E-state index is 10.6. The molecule has 0 saturated carbocycles. The summed E-state index contributed by atoms with van der Waals surface area (Å²) in [5, 5.41) is 61.0. The molecule has 14 nitrogen and oxygen atoms in total. The Kier molecular flexibility index (Phi) is 5.41. The summed E-state index contributed by atoms with van der Waals surface area (Å²) in [4.78, 5) is 35.4. The summed E-state index contributed by atoms with van der Waals surface area (Å²) in [6, 6.07) is 0. The zero-order valence-corrected chi connectivity index (χ0v) is 12.0. The van der Waals surface area contributed by atoms with Crippen LogP contribution in [0, 0.1) is 40.5 Å². The molecule has 0 radical (unpaired) electrons. The van der Waals surface area contributed by atoms with Crippen molar-refractivity contribution in [2.75, 3.05) is 0 Å². The van der Waals surface area contributed by atoms with Gasteiger partial charge in [0.25, 0.3) is 12.2 Å². The summed E-state index contributed by atoms with van der Waals surface area (Å²) in [5.74, 6) is 0. The molecule has 0 amide bonds. The molecule has 2 unspecified atom stereocenters. The van der Waals surface area contributed by atoms with Gasteiger partial charge in [-0.05, 0) is 0 Å². The van der Waals surface area contributed by atoms with E-state index in [9.17, 15) is 50.7 Å². The van der Waals surface area contributed by atoms with Crippen LogP contribution in [0.3, 0.4) is 0 Å². The molecule has 2 atom stereocenters. The predicted molar refractivity (Wildman–Crippen MR) is 63.3 cm³/mol. The van der Waals surface area contributed by atoms with E-state index >= 15 is 0 Å². The number of alkyl halides is 2. The third-order valence-corrected chi connectivity index (χ3v) is 4.17. The monoisotopic (exact) mass is 426 g/mol. The van der Waals surface area contributed by atoms with Crippen molar-refractivity contribution in [3.63, 3.8) is 0 Å². The molecular weight excluding hydrogens is 424 g/mol. The molecule has 0 spiro atoms. The van der Waals surface area contributed by atoms with Crippen LogP contribution < -0.4 is 0 Å². The highest BCUT2D eigenvalue weighted by Gasteiger charge is 2.74. The highest BCUT2D eigenvalue weighted by atomic mass is 79.9. The number of aliphatic hydroxyl groups is 2. The van der Waals surface area contributed by atoms with E-state index in [1.165, 1.54) is 0 Å². The van der Waals surface area contributed by atoms with Crippen LogP contribution in [-0.2, 0) is 0 Å². The Morgan fingerprint density at radius 1 is 0.700 bits per heavy atom. The average Bonchev–Trinajstić information content (AvgIpc) is 2.33. The van der Waals surface area contributed by atoms with Crippen LogP contribution in [0.2, 0.25) is 0 Å². The molecule has 2 N–H and O–H groups in total. The van der Waals surface area contributed by atoms with Gasteiger partial charge in [0.15, 0.2) is 0 Å². The van der Waals surface area contributed by atoms with E-state index < -0.39 is 41.0 Å². The van der Waals surface area contributed by atoms with E-state index in [4.69, 9.17) is 0 Å². The first-order valence-corrected chi connectivity index (χ1v) is 5.75. The average molecular weight is 428 g/mol. The van der Waals surface area contributed by atoms with Gasteiger partial charge >= 0.3 is 9.14 Å². The first-order valence-electron chi connectivity index (χ1n) is 4.16. The Morgan fingerprint density at radius 3 is 0.950 bits per heavy atom. The van der Waals surface area contributed by atoms with Crippen LogP contribution in [0.15, 0.2) is 0 Å². The van der Waals surface area contributed by atoms with E-state index in [-0.39, 0.29) is 0 Å². The smallest absolute Gasteiger partial charge is 0.376 e. The summed E-state index contributed by atoms with van der Waals surface area (Å²) >= 11 is 3.79.